The zero-order valence-corrected chi connectivity index (χ0v) is 12.5. The SMILES string of the molecule is CN(CCNC(=O)N1CC(O)CC1C(=O)O)C1CCCC1. The number of urea groups is 1. The normalized spacial score (nSPS) is 26.5. The Balaban J connectivity index is 1.74. The van der Waals surface area contributed by atoms with Crippen LogP contribution in [-0.4, -0.2) is 76.9 Å². The number of rotatable bonds is 5. The van der Waals surface area contributed by atoms with Crippen LogP contribution in [0.15, 0.2) is 0 Å². The molecule has 0 aromatic heterocycles. The van der Waals surface area contributed by atoms with Gasteiger partial charge in [-0.25, -0.2) is 9.59 Å². The fraction of sp³-hybridized carbons (Fsp3) is 0.857. The first kappa shape index (κ1) is 16.0. The maximum atomic E-state index is 12.0. The lowest BCUT2D eigenvalue weighted by molar-refractivity contribution is -0.141. The van der Waals surface area contributed by atoms with E-state index in [1.165, 1.54) is 30.6 Å². The topological polar surface area (TPSA) is 93.1 Å². The van der Waals surface area contributed by atoms with Gasteiger partial charge in [0.25, 0.3) is 0 Å². The van der Waals surface area contributed by atoms with Gasteiger partial charge in [0.1, 0.15) is 6.04 Å². The second-order valence-corrected chi connectivity index (χ2v) is 6.05. The summed E-state index contributed by atoms with van der Waals surface area (Å²) in [6.45, 7) is 1.33. The van der Waals surface area contributed by atoms with E-state index in [0.717, 1.165) is 6.54 Å². The molecule has 7 heteroatoms. The molecule has 2 rings (SSSR count). The molecule has 0 spiro atoms. The fourth-order valence-electron chi connectivity index (χ4n) is 3.24. The van der Waals surface area contributed by atoms with Crippen LogP contribution in [-0.2, 0) is 4.79 Å². The number of aliphatic carboxylic acids is 1. The summed E-state index contributed by atoms with van der Waals surface area (Å²) in [5.74, 6) is -1.07. The molecule has 0 aromatic rings. The van der Waals surface area contributed by atoms with E-state index < -0.39 is 24.1 Å². The van der Waals surface area contributed by atoms with Crippen molar-refractivity contribution in [1.82, 2.24) is 15.1 Å². The van der Waals surface area contributed by atoms with Gasteiger partial charge in [0, 0.05) is 32.1 Å². The van der Waals surface area contributed by atoms with Crippen LogP contribution in [0.4, 0.5) is 4.79 Å². The van der Waals surface area contributed by atoms with Crippen molar-refractivity contribution in [3.05, 3.63) is 0 Å². The summed E-state index contributed by atoms with van der Waals surface area (Å²) in [5, 5.41) is 21.4. The number of amides is 2. The Kier molecular flexibility index (Phi) is 5.41. The van der Waals surface area contributed by atoms with Crippen LogP contribution >= 0.6 is 0 Å². The zero-order chi connectivity index (χ0) is 15.4. The second-order valence-electron chi connectivity index (χ2n) is 6.05. The lowest BCUT2D eigenvalue weighted by Crippen LogP contribution is -2.48. The minimum absolute atomic E-state index is 0.0846. The number of aliphatic hydroxyl groups is 1. The molecular formula is C14H25N3O4. The second kappa shape index (κ2) is 7.09. The molecule has 0 bridgehead atoms. The van der Waals surface area contributed by atoms with Crippen LogP contribution in [0.1, 0.15) is 32.1 Å². The molecule has 1 saturated heterocycles. The quantitative estimate of drug-likeness (QED) is 0.669. The smallest absolute Gasteiger partial charge is 0.326 e. The Bertz CT molecular complexity index is 384. The Morgan fingerprint density at radius 3 is 2.62 bits per heavy atom. The predicted molar refractivity (Wildman–Crippen MR) is 77.0 cm³/mol. The van der Waals surface area contributed by atoms with Crippen molar-refractivity contribution in [2.75, 3.05) is 26.7 Å². The number of carbonyl (C=O) groups excluding carboxylic acids is 1. The van der Waals surface area contributed by atoms with Crippen LogP contribution < -0.4 is 5.32 Å². The molecule has 1 heterocycles. The Morgan fingerprint density at radius 1 is 1.33 bits per heavy atom. The number of likely N-dealkylation sites (N-methyl/N-ethyl adjacent to an activating group) is 1. The summed E-state index contributed by atoms with van der Waals surface area (Å²) in [7, 11) is 2.06. The van der Waals surface area contributed by atoms with Crippen molar-refractivity contribution in [2.45, 2.75) is 50.3 Å². The zero-order valence-electron chi connectivity index (χ0n) is 12.5. The number of carboxylic acids is 1. The molecule has 3 N–H and O–H groups in total. The molecule has 0 radical (unpaired) electrons. The number of nitrogens with one attached hydrogen (secondary N) is 1. The average Bonchev–Trinajstić information content (AvgIpc) is 3.07. The Labute approximate surface area is 124 Å². The third-order valence-corrected chi connectivity index (χ3v) is 4.51. The van der Waals surface area contributed by atoms with E-state index in [-0.39, 0.29) is 13.0 Å². The summed E-state index contributed by atoms with van der Waals surface area (Å²) < 4.78 is 0. The number of carboxylic acid groups (broad SMARTS) is 1. The molecule has 2 amide bonds. The molecule has 1 aliphatic heterocycles. The summed E-state index contributed by atoms with van der Waals surface area (Å²) >= 11 is 0. The first-order valence-electron chi connectivity index (χ1n) is 7.64. The predicted octanol–water partition coefficient (Wildman–Crippen LogP) is 0.0902. The Hall–Kier alpha value is -1.34. The molecule has 2 fully saturated rings. The van der Waals surface area contributed by atoms with Crippen molar-refractivity contribution in [3.63, 3.8) is 0 Å². The van der Waals surface area contributed by atoms with Gasteiger partial charge in [0.15, 0.2) is 0 Å². The summed E-state index contributed by atoms with van der Waals surface area (Å²) in [6, 6.07) is -0.728. The van der Waals surface area contributed by atoms with E-state index >= 15 is 0 Å². The minimum Gasteiger partial charge on any atom is -0.480 e. The van der Waals surface area contributed by atoms with Gasteiger partial charge in [-0.3, -0.25) is 0 Å². The fourth-order valence-corrected chi connectivity index (χ4v) is 3.24. The van der Waals surface area contributed by atoms with E-state index in [1.54, 1.807) is 0 Å². The van der Waals surface area contributed by atoms with Crippen molar-refractivity contribution < 1.29 is 19.8 Å². The number of hydrogen-bond donors (Lipinski definition) is 3. The van der Waals surface area contributed by atoms with Crippen LogP contribution in [0.5, 0.6) is 0 Å². The third-order valence-electron chi connectivity index (χ3n) is 4.51. The highest BCUT2D eigenvalue weighted by Crippen LogP contribution is 2.22. The van der Waals surface area contributed by atoms with Gasteiger partial charge in [0.2, 0.25) is 0 Å². The first-order valence-corrected chi connectivity index (χ1v) is 7.64. The first-order chi connectivity index (χ1) is 9.99. The van der Waals surface area contributed by atoms with Gasteiger partial charge in [-0.15, -0.1) is 0 Å². The molecule has 7 nitrogen and oxygen atoms in total. The number of nitrogens with zero attached hydrogens (tertiary/aromatic N) is 2. The van der Waals surface area contributed by atoms with Crippen LogP contribution in [0.2, 0.25) is 0 Å². The number of hydrogen-bond acceptors (Lipinski definition) is 4. The summed E-state index contributed by atoms with van der Waals surface area (Å²) in [6.07, 6.45) is 4.32. The van der Waals surface area contributed by atoms with E-state index in [0.29, 0.717) is 12.6 Å². The van der Waals surface area contributed by atoms with E-state index in [4.69, 9.17) is 5.11 Å². The lowest BCUT2D eigenvalue weighted by atomic mass is 10.2. The minimum atomic E-state index is -1.07. The lowest BCUT2D eigenvalue weighted by Gasteiger charge is -2.25. The molecule has 2 atom stereocenters. The maximum absolute atomic E-state index is 12.0. The standard InChI is InChI=1S/C14H25N3O4/c1-16(10-4-2-3-5-10)7-6-15-14(21)17-9-11(18)8-12(17)13(19)20/h10-12,18H,2-9H2,1H3,(H,15,21)(H,19,20). The van der Waals surface area contributed by atoms with Gasteiger partial charge in [-0.1, -0.05) is 12.8 Å². The molecule has 0 aromatic carbocycles. The average molecular weight is 299 g/mol. The van der Waals surface area contributed by atoms with Gasteiger partial charge >= 0.3 is 12.0 Å². The van der Waals surface area contributed by atoms with Crippen molar-refractivity contribution >= 4 is 12.0 Å². The van der Waals surface area contributed by atoms with E-state index in [1.807, 2.05) is 0 Å². The highest BCUT2D eigenvalue weighted by Gasteiger charge is 2.38. The number of β-amino-alcohol motifs (C(OH)–C–C–N with tert-alkyl or cyclic N) is 1. The molecule has 21 heavy (non-hydrogen) atoms. The maximum Gasteiger partial charge on any atom is 0.326 e. The molecule has 1 saturated carbocycles. The van der Waals surface area contributed by atoms with E-state index in [2.05, 4.69) is 17.3 Å². The highest BCUT2D eigenvalue weighted by molar-refractivity contribution is 5.83. The van der Waals surface area contributed by atoms with E-state index in [9.17, 15) is 14.7 Å². The van der Waals surface area contributed by atoms with Gasteiger partial charge in [-0.05, 0) is 19.9 Å². The van der Waals surface area contributed by atoms with Crippen LogP contribution in [0.3, 0.4) is 0 Å². The van der Waals surface area contributed by atoms with Crippen molar-refractivity contribution in [2.24, 2.45) is 0 Å². The van der Waals surface area contributed by atoms with Gasteiger partial charge in [0.05, 0.1) is 6.10 Å². The summed E-state index contributed by atoms with van der Waals surface area (Å²) in [4.78, 5) is 26.6. The third kappa shape index (κ3) is 4.07. The molecular weight excluding hydrogens is 274 g/mol. The van der Waals surface area contributed by atoms with Gasteiger partial charge < -0.3 is 25.3 Å². The number of likely N-dealkylation sites (tertiary alicyclic amines) is 1. The monoisotopic (exact) mass is 299 g/mol. The highest BCUT2D eigenvalue weighted by atomic mass is 16.4. The molecule has 120 valence electrons. The number of aliphatic hydroxyl groups excluding tert-OH is 1. The Morgan fingerprint density at radius 2 is 2.00 bits per heavy atom. The molecule has 2 unspecified atom stereocenters. The van der Waals surface area contributed by atoms with Crippen molar-refractivity contribution in [3.8, 4) is 0 Å². The largest absolute Gasteiger partial charge is 0.480 e. The van der Waals surface area contributed by atoms with Gasteiger partial charge in [-0.2, -0.15) is 0 Å². The molecule has 1 aliphatic carbocycles. The van der Waals surface area contributed by atoms with Crippen LogP contribution in [0, 0.1) is 0 Å². The van der Waals surface area contributed by atoms with Crippen LogP contribution in [0.25, 0.3) is 0 Å². The molecule has 2 aliphatic rings. The summed E-state index contributed by atoms with van der Waals surface area (Å²) in [5.41, 5.74) is 0. The van der Waals surface area contributed by atoms with Crippen molar-refractivity contribution in [1.29, 1.82) is 0 Å². The number of carbonyl (C=O) groups is 2.